The number of nitrogen functional groups attached to an aromatic ring is 1. The Morgan fingerprint density at radius 3 is 2.59 bits per heavy atom. The minimum absolute atomic E-state index is 0.152. The van der Waals surface area contributed by atoms with Gasteiger partial charge in [-0.2, -0.15) is 0 Å². The van der Waals surface area contributed by atoms with Gasteiger partial charge in [0.1, 0.15) is 16.5 Å². The first kappa shape index (κ1) is 11.6. The highest BCUT2D eigenvalue weighted by molar-refractivity contribution is 6.35. The predicted octanol–water partition coefficient (Wildman–Crippen LogP) is 2.59. The van der Waals surface area contributed by atoms with E-state index >= 15 is 0 Å². The maximum atomic E-state index is 5.98. The van der Waals surface area contributed by atoms with Gasteiger partial charge in [0.05, 0.1) is 19.8 Å². The topological polar surface area (TPSA) is 70.5 Å². The first-order valence-corrected chi connectivity index (χ1v) is 5.18. The van der Waals surface area contributed by atoms with Crippen molar-refractivity contribution in [3.05, 3.63) is 23.2 Å². The van der Waals surface area contributed by atoms with E-state index in [4.69, 9.17) is 31.3 Å². The Balaban J connectivity index is 2.55. The fourth-order valence-corrected chi connectivity index (χ4v) is 1.62. The van der Waals surface area contributed by atoms with Crippen molar-refractivity contribution in [1.29, 1.82) is 0 Å². The number of anilines is 1. The van der Waals surface area contributed by atoms with Crippen LogP contribution in [0.1, 0.15) is 0 Å². The molecule has 0 fully saturated rings. The van der Waals surface area contributed by atoms with E-state index in [2.05, 4.69) is 5.16 Å². The van der Waals surface area contributed by atoms with E-state index in [1.54, 1.807) is 32.4 Å². The quantitative estimate of drug-likeness (QED) is 0.912. The summed E-state index contributed by atoms with van der Waals surface area (Å²) in [6.45, 7) is 0. The van der Waals surface area contributed by atoms with Crippen molar-refractivity contribution < 1.29 is 14.0 Å². The number of hydrogen-bond acceptors (Lipinski definition) is 5. The molecule has 0 bridgehead atoms. The van der Waals surface area contributed by atoms with Gasteiger partial charge in [0, 0.05) is 6.07 Å². The van der Waals surface area contributed by atoms with Crippen LogP contribution in [0.5, 0.6) is 11.5 Å². The van der Waals surface area contributed by atoms with E-state index in [9.17, 15) is 0 Å². The molecule has 0 amide bonds. The molecule has 0 saturated carbocycles. The lowest BCUT2D eigenvalue weighted by molar-refractivity contribution is 0.391. The summed E-state index contributed by atoms with van der Waals surface area (Å²) < 4.78 is 15.4. The minimum Gasteiger partial charge on any atom is -0.497 e. The Kier molecular flexibility index (Phi) is 3.10. The van der Waals surface area contributed by atoms with Crippen LogP contribution in [0.15, 0.2) is 22.7 Å². The van der Waals surface area contributed by atoms with E-state index in [0.717, 1.165) is 0 Å². The van der Waals surface area contributed by atoms with Crippen molar-refractivity contribution in [3.63, 3.8) is 0 Å². The van der Waals surface area contributed by atoms with E-state index in [0.29, 0.717) is 22.8 Å². The normalized spacial score (nSPS) is 10.3. The molecule has 0 aliphatic heterocycles. The van der Waals surface area contributed by atoms with Gasteiger partial charge in [0.25, 0.3) is 0 Å². The number of methoxy groups -OCH3 is 2. The molecule has 1 aromatic heterocycles. The summed E-state index contributed by atoms with van der Waals surface area (Å²) in [4.78, 5) is 0. The van der Waals surface area contributed by atoms with Crippen molar-refractivity contribution in [2.75, 3.05) is 20.0 Å². The molecule has 0 radical (unpaired) electrons. The molecule has 5 nitrogen and oxygen atoms in total. The van der Waals surface area contributed by atoms with Gasteiger partial charge in [-0.05, 0) is 12.1 Å². The fraction of sp³-hybridized carbons (Fsp3) is 0.182. The standard InChI is InChI=1S/C11H11ClN2O3/c1-15-6-3-4-7(8(5-6)16-2)10-9(12)11(13)14-17-10/h3-5H,1-2H3,(H2,13,14). The molecular formula is C11H11ClN2O3. The number of nitrogens with two attached hydrogens (primary N) is 1. The van der Waals surface area contributed by atoms with E-state index in [1.165, 1.54) is 0 Å². The Hall–Kier alpha value is -1.88. The summed E-state index contributed by atoms with van der Waals surface area (Å²) >= 11 is 5.98. The van der Waals surface area contributed by atoms with Gasteiger partial charge in [-0.15, -0.1) is 0 Å². The monoisotopic (exact) mass is 254 g/mol. The van der Waals surface area contributed by atoms with Gasteiger partial charge in [-0.3, -0.25) is 0 Å². The molecule has 6 heteroatoms. The lowest BCUT2D eigenvalue weighted by atomic mass is 10.1. The number of aromatic nitrogens is 1. The Morgan fingerprint density at radius 2 is 2.06 bits per heavy atom. The van der Waals surface area contributed by atoms with Gasteiger partial charge in [-0.25, -0.2) is 0 Å². The Bertz CT molecular complexity index is 540. The van der Waals surface area contributed by atoms with E-state index in [1.807, 2.05) is 0 Å². The molecule has 2 aromatic rings. The first-order valence-electron chi connectivity index (χ1n) is 4.80. The van der Waals surface area contributed by atoms with Crippen LogP contribution in [0.25, 0.3) is 11.3 Å². The Labute approximate surface area is 103 Å². The van der Waals surface area contributed by atoms with Crippen molar-refractivity contribution in [3.8, 4) is 22.8 Å². The molecular weight excluding hydrogens is 244 g/mol. The molecule has 0 saturated heterocycles. The third-order valence-corrected chi connectivity index (χ3v) is 2.68. The molecule has 0 aliphatic rings. The van der Waals surface area contributed by atoms with Crippen LogP contribution in [0.4, 0.5) is 5.82 Å². The maximum absolute atomic E-state index is 5.98. The number of hydrogen-bond donors (Lipinski definition) is 1. The molecule has 0 spiro atoms. The summed E-state index contributed by atoms with van der Waals surface area (Å²) in [5.41, 5.74) is 6.19. The maximum Gasteiger partial charge on any atom is 0.191 e. The zero-order valence-corrected chi connectivity index (χ0v) is 10.1. The lowest BCUT2D eigenvalue weighted by Crippen LogP contribution is -1.90. The molecule has 2 rings (SSSR count). The van der Waals surface area contributed by atoms with Crippen LogP contribution in [0, 0.1) is 0 Å². The van der Waals surface area contributed by atoms with Gasteiger partial charge in [0.2, 0.25) is 0 Å². The average molecular weight is 255 g/mol. The summed E-state index contributed by atoms with van der Waals surface area (Å²) in [5, 5.41) is 3.87. The summed E-state index contributed by atoms with van der Waals surface area (Å²) in [5.74, 6) is 1.78. The van der Waals surface area contributed by atoms with Gasteiger partial charge in [0.15, 0.2) is 11.6 Å². The van der Waals surface area contributed by atoms with Crippen LogP contribution in [-0.2, 0) is 0 Å². The van der Waals surface area contributed by atoms with Gasteiger partial charge >= 0.3 is 0 Å². The zero-order chi connectivity index (χ0) is 12.4. The second-order valence-corrected chi connectivity index (χ2v) is 3.66. The van der Waals surface area contributed by atoms with Crippen LogP contribution in [0.2, 0.25) is 5.02 Å². The van der Waals surface area contributed by atoms with Crippen molar-refractivity contribution >= 4 is 17.4 Å². The number of rotatable bonds is 3. The summed E-state index contributed by atoms with van der Waals surface area (Å²) in [7, 11) is 3.12. The fourth-order valence-electron chi connectivity index (χ4n) is 1.44. The molecule has 2 N–H and O–H groups in total. The molecule has 0 aliphatic carbocycles. The largest absolute Gasteiger partial charge is 0.497 e. The Morgan fingerprint density at radius 1 is 1.29 bits per heavy atom. The number of halogens is 1. The second kappa shape index (κ2) is 4.55. The zero-order valence-electron chi connectivity index (χ0n) is 9.36. The van der Waals surface area contributed by atoms with Gasteiger partial charge in [-0.1, -0.05) is 16.8 Å². The highest BCUT2D eigenvalue weighted by atomic mass is 35.5. The average Bonchev–Trinajstić information content (AvgIpc) is 2.69. The molecule has 1 aromatic carbocycles. The predicted molar refractivity (Wildman–Crippen MR) is 64.5 cm³/mol. The number of benzene rings is 1. The highest BCUT2D eigenvalue weighted by Gasteiger charge is 2.18. The van der Waals surface area contributed by atoms with Crippen molar-refractivity contribution in [2.24, 2.45) is 0 Å². The first-order chi connectivity index (χ1) is 8.17. The molecule has 17 heavy (non-hydrogen) atoms. The number of ether oxygens (including phenoxy) is 2. The van der Waals surface area contributed by atoms with Crippen molar-refractivity contribution in [1.82, 2.24) is 5.16 Å². The molecule has 0 atom stereocenters. The molecule has 90 valence electrons. The SMILES string of the molecule is COc1ccc(-c2onc(N)c2Cl)c(OC)c1. The van der Waals surface area contributed by atoms with Crippen LogP contribution < -0.4 is 15.2 Å². The third-order valence-electron chi connectivity index (χ3n) is 2.31. The van der Waals surface area contributed by atoms with Crippen LogP contribution >= 0.6 is 11.6 Å². The van der Waals surface area contributed by atoms with E-state index < -0.39 is 0 Å². The summed E-state index contributed by atoms with van der Waals surface area (Å²) in [6.07, 6.45) is 0. The van der Waals surface area contributed by atoms with E-state index in [-0.39, 0.29) is 10.8 Å². The highest BCUT2D eigenvalue weighted by Crippen LogP contribution is 2.39. The lowest BCUT2D eigenvalue weighted by Gasteiger charge is -2.08. The van der Waals surface area contributed by atoms with Crippen LogP contribution in [0.3, 0.4) is 0 Å². The minimum atomic E-state index is 0.152. The molecule has 1 heterocycles. The van der Waals surface area contributed by atoms with Crippen LogP contribution in [-0.4, -0.2) is 19.4 Å². The third kappa shape index (κ3) is 2.01. The molecule has 0 unspecified atom stereocenters. The van der Waals surface area contributed by atoms with Crippen molar-refractivity contribution in [2.45, 2.75) is 0 Å². The second-order valence-electron chi connectivity index (χ2n) is 3.28. The summed E-state index contributed by atoms with van der Waals surface area (Å²) in [6, 6.07) is 5.26. The smallest absolute Gasteiger partial charge is 0.191 e. The van der Waals surface area contributed by atoms with Gasteiger partial charge < -0.3 is 19.7 Å². The number of nitrogens with zero attached hydrogens (tertiary/aromatic N) is 1.